The number of benzene rings is 1. The average molecular weight is 434 g/mol. The SMILES string of the molecule is Fc1ccc(F)c([C@H]2CCCN2c2ccn3ncc(-n4cc(C5=CCOC5)cn4)c3n2)c1. The van der Waals surface area contributed by atoms with E-state index in [2.05, 4.69) is 10.2 Å². The number of nitrogens with zero attached hydrogens (tertiary/aromatic N) is 6. The first-order valence-corrected chi connectivity index (χ1v) is 10.6. The van der Waals surface area contributed by atoms with Crippen molar-refractivity contribution in [2.75, 3.05) is 24.7 Å². The molecule has 5 heterocycles. The van der Waals surface area contributed by atoms with Gasteiger partial charge in [-0.05, 0) is 42.7 Å². The molecule has 0 radical (unpaired) electrons. The zero-order valence-electron chi connectivity index (χ0n) is 17.2. The zero-order chi connectivity index (χ0) is 21.7. The smallest absolute Gasteiger partial charge is 0.183 e. The average Bonchev–Trinajstić information content (AvgIpc) is 3.60. The van der Waals surface area contributed by atoms with Crippen molar-refractivity contribution < 1.29 is 13.5 Å². The maximum atomic E-state index is 14.5. The number of hydrogen-bond acceptors (Lipinski definition) is 5. The highest BCUT2D eigenvalue weighted by Crippen LogP contribution is 2.37. The van der Waals surface area contributed by atoms with Gasteiger partial charge in [-0.3, -0.25) is 0 Å². The number of anilines is 1. The molecular weight excluding hydrogens is 414 g/mol. The third-order valence-corrected chi connectivity index (χ3v) is 6.11. The molecule has 0 amide bonds. The van der Waals surface area contributed by atoms with Gasteiger partial charge in [-0.2, -0.15) is 10.2 Å². The van der Waals surface area contributed by atoms with E-state index in [-0.39, 0.29) is 6.04 Å². The number of rotatable bonds is 4. The molecule has 9 heteroatoms. The fourth-order valence-corrected chi connectivity index (χ4v) is 4.51. The molecule has 4 aromatic rings. The molecule has 32 heavy (non-hydrogen) atoms. The summed E-state index contributed by atoms with van der Waals surface area (Å²) in [5.74, 6) is -0.139. The Labute approximate surface area is 182 Å². The Balaban J connectivity index is 1.37. The van der Waals surface area contributed by atoms with Crippen LogP contribution in [0, 0.1) is 11.6 Å². The van der Waals surface area contributed by atoms with E-state index in [9.17, 15) is 8.78 Å². The summed E-state index contributed by atoms with van der Waals surface area (Å²) in [5.41, 5.74) is 3.85. The molecule has 1 atom stereocenters. The predicted molar refractivity (Wildman–Crippen MR) is 115 cm³/mol. The topological polar surface area (TPSA) is 60.5 Å². The van der Waals surface area contributed by atoms with E-state index in [1.807, 2.05) is 29.4 Å². The highest BCUT2D eigenvalue weighted by molar-refractivity contribution is 5.68. The molecular formula is C23H20F2N6O. The molecule has 6 rings (SSSR count). The van der Waals surface area contributed by atoms with Crippen LogP contribution in [-0.4, -0.2) is 44.1 Å². The fourth-order valence-electron chi connectivity index (χ4n) is 4.51. The minimum absolute atomic E-state index is 0.266. The van der Waals surface area contributed by atoms with Gasteiger partial charge in [0.05, 0.1) is 31.6 Å². The third-order valence-electron chi connectivity index (χ3n) is 6.11. The van der Waals surface area contributed by atoms with Crippen LogP contribution in [0.4, 0.5) is 14.6 Å². The van der Waals surface area contributed by atoms with Crippen molar-refractivity contribution in [3.05, 3.63) is 77.9 Å². The van der Waals surface area contributed by atoms with E-state index < -0.39 is 11.6 Å². The summed E-state index contributed by atoms with van der Waals surface area (Å²) >= 11 is 0. The summed E-state index contributed by atoms with van der Waals surface area (Å²) in [6.07, 6.45) is 10.9. The van der Waals surface area contributed by atoms with Crippen LogP contribution in [0.15, 0.2) is 55.1 Å². The molecule has 2 aliphatic heterocycles. The Morgan fingerprint density at radius 3 is 2.91 bits per heavy atom. The van der Waals surface area contributed by atoms with Crippen molar-refractivity contribution >= 4 is 17.0 Å². The zero-order valence-corrected chi connectivity index (χ0v) is 17.2. The Morgan fingerprint density at radius 1 is 1.09 bits per heavy atom. The normalized spacial score (nSPS) is 18.6. The van der Waals surface area contributed by atoms with Crippen molar-refractivity contribution in [3.63, 3.8) is 0 Å². The van der Waals surface area contributed by atoms with Crippen molar-refractivity contribution in [2.45, 2.75) is 18.9 Å². The van der Waals surface area contributed by atoms with E-state index in [4.69, 9.17) is 9.72 Å². The minimum Gasteiger partial charge on any atom is -0.373 e. The first kappa shape index (κ1) is 19.1. The van der Waals surface area contributed by atoms with E-state index in [1.165, 1.54) is 12.1 Å². The van der Waals surface area contributed by atoms with E-state index >= 15 is 0 Å². The lowest BCUT2D eigenvalue weighted by Gasteiger charge is -2.26. The second kappa shape index (κ2) is 7.52. The highest BCUT2D eigenvalue weighted by Gasteiger charge is 2.30. The maximum Gasteiger partial charge on any atom is 0.183 e. The molecule has 0 spiro atoms. The predicted octanol–water partition coefficient (Wildman–Crippen LogP) is 3.95. The van der Waals surface area contributed by atoms with Crippen molar-refractivity contribution in [1.29, 1.82) is 0 Å². The monoisotopic (exact) mass is 434 g/mol. The second-order valence-corrected chi connectivity index (χ2v) is 8.02. The Hall–Kier alpha value is -3.59. The Morgan fingerprint density at radius 2 is 2.03 bits per heavy atom. The van der Waals surface area contributed by atoms with E-state index in [0.717, 1.165) is 35.7 Å². The summed E-state index contributed by atoms with van der Waals surface area (Å²) in [4.78, 5) is 6.87. The molecule has 0 aliphatic carbocycles. The molecule has 162 valence electrons. The summed E-state index contributed by atoms with van der Waals surface area (Å²) < 4.78 is 37.1. The third kappa shape index (κ3) is 3.16. The number of aromatic nitrogens is 5. The van der Waals surface area contributed by atoms with Crippen LogP contribution in [0.1, 0.15) is 30.0 Å². The van der Waals surface area contributed by atoms with Gasteiger partial charge < -0.3 is 9.64 Å². The fraction of sp³-hybridized carbons (Fsp3) is 0.261. The lowest BCUT2D eigenvalue weighted by atomic mass is 10.0. The van der Waals surface area contributed by atoms with Crippen LogP contribution in [0.3, 0.4) is 0 Å². The summed E-state index contributed by atoms with van der Waals surface area (Å²) in [5, 5.41) is 8.88. The van der Waals surface area contributed by atoms with Crippen LogP contribution in [-0.2, 0) is 4.74 Å². The van der Waals surface area contributed by atoms with Crippen molar-refractivity contribution in [3.8, 4) is 5.69 Å². The molecule has 3 aromatic heterocycles. The van der Waals surface area contributed by atoms with Gasteiger partial charge in [0.25, 0.3) is 0 Å². The lowest BCUT2D eigenvalue weighted by molar-refractivity contribution is 0.216. The largest absolute Gasteiger partial charge is 0.373 e. The van der Waals surface area contributed by atoms with E-state index in [0.29, 0.717) is 36.8 Å². The van der Waals surface area contributed by atoms with Crippen LogP contribution in [0.2, 0.25) is 0 Å². The number of fused-ring (bicyclic) bond motifs is 1. The minimum atomic E-state index is -0.438. The van der Waals surface area contributed by atoms with Gasteiger partial charge in [0.15, 0.2) is 5.65 Å². The van der Waals surface area contributed by atoms with Crippen molar-refractivity contribution in [1.82, 2.24) is 24.4 Å². The molecule has 1 saturated heterocycles. The van der Waals surface area contributed by atoms with Crippen LogP contribution in [0.25, 0.3) is 16.9 Å². The summed E-state index contributed by atoms with van der Waals surface area (Å²) in [6.45, 7) is 1.91. The number of halogens is 2. The second-order valence-electron chi connectivity index (χ2n) is 8.02. The molecule has 0 bridgehead atoms. The molecule has 0 unspecified atom stereocenters. The van der Waals surface area contributed by atoms with Gasteiger partial charge in [-0.1, -0.05) is 6.08 Å². The van der Waals surface area contributed by atoms with Crippen LogP contribution < -0.4 is 4.90 Å². The Bertz CT molecular complexity index is 1340. The van der Waals surface area contributed by atoms with Gasteiger partial charge >= 0.3 is 0 Å². The van der Waals surface area contributed by atoms with Gasteiger partial charge in [-0.15, -0.1) is 0 Å². The molecule has 0 saturated carbocycles. The quantitative estimate of drug-likeness (QED) is 0.487. The Kier molecular flexibility index (Phi) is 4.50. The molecule has 1 aromatic carbocycles. The van der Waals surface area contributed by atoms with Gasteiger partial charge in [0.1, 0.15) is 23.1 Å². The first-order valence-electron chi connectivity index (χ1n) is 10.6. The van der Waals surface area contributed by atoms with Gasteiger partial charge in [0.2, 0.25) is 0 Å². The highest BCUT2D eigenvalue weighted by atomic mass is 19.1. The summed E-state index contributed by atoms with van der Waals surface area (Å²) in [6, 6.07) is 5.21. The number of ether oxygens (including phenoxy) is 1. The van der Waals surface area contributed by atoms with Crippen LogP contribution in [0.5, 0.6) is 0 Å². The standard InChI is InChI=1S/C23H20F2N6O/c24-17-3-4-19(25)18(10-17)20-2-1-7-29(20)22-5-8-30-23(28-22)21(12-27-30)31-13-16(11-26-31)15-6-9-32-14-15/h3-6,8,10-13,20H,1-2,7,9,14H2/t20-/m1/s1. The molecule has 1 fully saturated rings. The van der Waals surface area contributed by atoms with Crippen molar-refractivity contribution in [2.24, 2.45) is 0 Å². The summed E-state index contributed by atoms with van der Waals surface area (Å²) in [7, 11) is 0. The molecule has 2 aliphatic rings. The van der Waals surface area contributed by atoms with E-state index in [1.54, 1.807) is 21.6 Å². The number of hydrogen-bond donors (Lipinski definition) is 0. The van der Waals surface area contributed by atoms with Gasteiger partial charge in [0, 0.05) is 30.1 Å². The maximum absolute atomic E-state index is 14.5. The van der Waals surface area contributed by atoms with Gasteiger partial charge in [-0.25, -0.2) is 23.0 Å². The molecule has 7 nitrogen and oxygen atoms in total. The molecule has 0 N–H and O–H groups in total. The first-order chi connectivity index (χ1) is 15.7. The van der Waals surface area contributed by atoms with Crippen LogP contribution >= 0.6 is 0 Å². The lowest BCUT2D eigenvalue weighted by Crippen LogP contribution is -2.24.